The number of ether oxygens (including phenoxy) is 1. The van der Waals surface area contributed by atoms with Crippen LogP contribution in [0.1, 0.15) is 11.3 Å². The number of hydrogen-bond acceptors (Lipinski definition) is 6. The Morgan fingerprint density at radius 3 is 3.21 bits per heavy atom. The molecule has 2 aromatic rings. The number of nitrogens with one attached hydrogen (secondary N) is 1. The van der Waals surface area contributed by atoms with Crippen molar-refractivity contribution in [3.8, 4) is 11.8 Å². The zero-order valence-electron chi connectivity index (χ0n) is 10.3. The zero-order valence-corrected chi connectivity index (χ0v) is 11.1. The number of aromatic nitrogens is 1. The molecule has 0 fully saturated rings. The number of aryl methyl sites for hydroxylation is 1. The van der Waals surface area contributed by atoms with Crippen molar-refractivity contribution < 1.29 is 4.74 Å². The van der Waals surface area contributed by atoms with Crippen LogP contribution in [0.2, 0.25) is 0 Å². The highest BCUT2D eigenvalue weighted by atomic mass is 32.1. The van der Waals surface area contributed by atoms with E-state index in [4.69, 9.17) is 10.00 Å². The number of benzene rings is 1. The van der Waals surface area contributed by atoms with Gasteiger partial charge in [-0.2, -0.15) is 10.4 Å². The Morgan fingerprint density at radius 2 is 2.47 bits per heavy atom. The Bertz CT molecular complexity index is 615. The molecule has 0 atom stereocenters. The molecule has 1 aromatic carbocycles. The first-order chi connectivity index (χ1) is 9.28. The first-order valence-corrected chi connectivity index (χ1v) is 6.47. The molecule has 19 heavy (non-hydrogen) atoms. The second-order valence-corrected chi connectivity index (χ2v) is 4.54. The van der Waals surface area contributed by atoms with Crippen LogP contribution in [0.5, 0.6) is 5.75 Å². The van der Waals surface area contributed by atoms with Crippen LogP contribution in [-0.2, 0) is 0 Å². The highest BCUT2D eigenvalue weighted by Crippen LogP contribution is 2.14. The SMILES string of the molecule is Cc1csc(NN=Cc2cccc(OCC#N)c2)n1. The van der Waals surface area contributed by atoms with Gasteiger partial charge in [0.25, 0.3) is 0 Å². The van der Waals surface area contributed by atoms with E-state index in [-0.39, 0.29) is 6.61 Å². The van der Waals surface area contributed by atoms with Crippen molar-refractivity contribution in [2.24, 2.45) is 5.10 Å². The van der Waals surface area contributed by atoms with Crippen LogP contribution < -0.4 is 10.2 Å². The van der Waals surface area contributed by atoms with Crippen LogP contribution in [-0.4, -0.2) is 17.8 Å². The molecular weight excluding hydrogens is 260 g/mol. The lowest BCUT2D eigenvalue weighted by Gasteiger charge is -2.01. The quantitative estimate of drug-likeness (QED) is 0.671. The average molecular weight is 272 g/mol. The molecule has 0 aliphatic heterocycles. The van der Waals surface area contributed by atoms with Crippen molar-refractivity contribution >= 4 is 22.7 Å². The summed E-state index contributed by atoms with van der Waals surface area (Å²) in [6, 6.07) is 9.29. The molecule has 0 aliphatic carbocycles. The monoisotopic (exact) mass is 272 g/mol. The van der Waals surface area contributed by atoms with Gasteiger partial charge in [0.15, 0.2) is 6.61 Å². The molecule has 1 N–H and O–H groups in total. The fourth-order valence-corrected chi connectivity index (χ4v) is 2.00. The fourth-order valence-electron chi connectivity index (χ4n) is 1.37. The molecule has 0 saturated carbocycles. The Morgan fingerprint density at radius 1 is 1.58 bits per heavy atom. The van der Waals surface area contributed by atoms with Gasteiger partial charge < -0.3 is 4.74 Å². The van der Waals surface area contributed by atoms with E-state index in [1.54, 1.807) is 12.3 Å². The summed E-state index contributed by atoms with van der Waals surface area (Å²) in [5.41, 5.74) is 4.71. The molecule has 2 rings (SSSR count). The molecule has 0 bridgehead atoms. The smallest absolute Gasteiger partial charge is 0.203 e. The van der Waals surface area contributed by atoms with E-state index in [2.05, 4.69) is 15.5 Å². The number of anilines is 1. The van der Waals surface area contributed by atoms with Gasteiger partial charge in [-0.15, -0.1) is 11.3 Å². The largest absolute Gasteiger partial charge is 0.479 e. The van der Waals surface area contributed by atoms with E-state index in [9.17, 15) is 0 Å². The third kappa shape index (κ3) is 4.08. The second kappa shape index (κ2) is 6.52. The van der Waals surface area contributed by atoms with Gasteiger partial charge in [-0.1, -0.05) is 12.1 Å². The van der Waals surface area contributed by atoms with Crippen LogP contribution in [0.3, 0.4) is 0 Å². The molecule has 0 radical (unpaired) electrons. The van der Waals surface area contributed by atoms with E-state index in [0.717, 1.165) is 16.4 Å². The summed E-state index contributed by atoms with van der Waals surface area (Å²) in [7, 11) is 0. The van der Waals surface area contributed by atoms with Gasteiger partial charge in [0.2, 0.25) is 5.13 Å². The maximum Gasteiger partial charge on any atom is 0.203 e. The van der Waals surface area contributed by atoms with Crippen LogP contribution in [0.25, 0.3) is 0 Å². The summed E-state index contributed by atoms with van der Waals surface area (Å²) in [6.45, 7) is 1.97. The summed E-state index contributed by atoms with van der Waals surface area (Å²) in [5.74, 6) is 0.649. The van der Waals surface area contributed by atoms with Crippen LogP contribution in [0, 0.1) is 18.3 Å². The van der Waals surface area contributed by atoms with Gasteiger partial charge in [0.1, 0.15) is 11.8 Å². The highest BCUT2D eigenvalue weighted by Gasteiger charge is 1.96. The Labute approximate surface area is 115 Å². The lowest BCUT2D eigenvalue weighted by molar-refractivity contribution is 0.368. The predicted molar refractivity (Wildman–Crippen MR) is 75.6 cm³/mol. The molecule has 0 amide bonds. The molecule has 0 spiro atoms. The summed E-state index contributed by atoms with van der Waals surface area (Å²) in [6.07, 6.45) is 1.68. The van der Waals surface area contributed by atoms with Crippen LogP contribution in [0.4, 0.5) is 5.13 Å². The summed E-state index contributed by atoms with van der Waals surface area (Å²) in [5, 5.41) is 15.3. The van der Waals surface area contributed by atoms with Crippen molar-refractivity contribution in [2.75, 3.05) is 12.0 Å². The Balaban J connectivity index is 1.96. The number of thiazole rings is 1. The summed E-state index contributed by atoms with van der Waals surface area (Å²) < 4.78 is 5.21. The average Bonchev–Trinajstić information content (AvgIpc) is 2.83. The molecule has 6 heteroatoms. The molecule has 0 saturated heterocycles. The number of nitrogens with zero attached hydrogens (tertiary/aromatic N) is 3. The van der Waals surface area contributed by atoms with Crippen LogP contribution >= 0.6 is 11.3 Å². The highest BCUT2D eigenvalue weighted by molar-refractivity contribution is 7.13. The first-order valence-electron chi connectivity index (χ1n) is 5.59. The maximum atomic E-state index is 8.45. The van der Waals surface area contributed by atoms with Crippen molar-refractivity contribution in [1.29, 1.82) is 5.26 Å². The van der Waals surface area contributed by atoms with E-state index in [0.29, 0.717) is 5.75 Å². The molecule has 96 valence electrons. The third-order valence-electron chi connectivity index (χ3n) is 2.15. The van der Waals surface area contributed by atoms with Gasteiger partial charge in [-0.25, -0.2) is 4.98 Å². The van der Waals surface area contributed by atoms with E-state index >= 15 is 0 Å². The maximum absolute atomic E-state index is 8.45. The molecule has 0 aliphatic rings. The molecule has 5 nitrogen and oxygen atoms in total. The van der Waals surface area contributed by atoms with Crippen LogP contribution in [0.15, 0.2) is 34.7 Å². The van der Waals surface area contributed by atoms with Crippen molar-refractivity contribution in [2.45, 2.75) is 6.92 Å². The normalized spacial score (nSPS) is 10.3. The summed E-state index contributed by atoms with van der Waals surface area (Å²) >= 11 is 1.50. The molecule has 1 aromatic heterocycles. The van der Waals surface area contributed by atoms with Gasteiger partial charge in [0.05, 0.1) is 11.9 Å². The number of nitriles is 1. The van der Waals surface area contributed by atoms with Crippen molar-refractivity contribution in [1.82, 2.24) is 4.98 Å². The minimum atomic E-state index is 0.0389. The fraction of sp³-hybridized carbons (Fsp3) is 0.154. The van der Waals surface area contributed by atoms with Crippen molar-refractivity contribution in [3.05, 3.63) is 40.9 Å². The van der Waals surface area contributed by atoms with Gasteiger partial charge in [0, 0.05) is 5.38 Å². The lowest BCUT2D eigenvalue weighted by Crippen LogP contribution is -1.94. The standard InChI is InChI=1S/C13H12N4OS/c1-10-9-19-13(16-10)17-15-8-11-3-2-4-12(7-11)18-6-5-14/h2-4,7-9H,6H2,1H3,(H,16,17). The summed E-state index contributed by atoms with van der Waals surface area (Å²) in [4.78, 5) is 4.23. The van der Waals surface area contributed by atoms with Gasteiger partial charge in [-0.3, -0.25) is 5.43 Å². The topological polar surface area (TPSA) is 70.3 Å². The molecular formula is C13H12N4OS. The number of rotatable bonds is 5. The number of hydrogen-bond donors (Lipinski definition) is 1. The van der Waals surface area contributed by atoms with Crippen molar-refractivity contribution in [3.63, 3.8) is 0 Å². The van der Waals surface area contributed by atoms with Gasteiger partial charge in [-0.05, 0) is 24.6 Å². The predicted octanol–water partition coefficient (Wildman–Crippen LogP) is 2.80. The van der Waals surface area contributed by atoms with E-state index in [1.165, 1.54) is 11.3 Å². The minimum Gasteiger partial charge on any atom is -0.479 e. The Kier molecular flexibility index (Phi) is 4.48. The van der Waals surface area contributed by atoms with E-state index in [1.807, 2.05) is 36.6 Å². The minimum absolute atomic E-state index is 0.0389. The zero-order chi connectivity index (χ0) is 13.5. The molecule has 0 unspecified atom stereocenters. The van der Waals surface area contributed by atoms with E-state index < -0.39 is 0 Å². The number of hydrazone groups is 1. The first kappa shape index (κ1) is 13.1. The van der Waals surface area contributed by atoms with Gasteiger partial charge >= 0.3 is 0 Å². The third-order valence-corrected chi connectivity index (χ3v) is 3.02. The molecule has 1 heterocycles. The lowest BCUT2D eigenvalue weighted by atomic mass is 10.2. The second-order valence-electron chi connectivity index (χ2n) is 3.68. The Hall–Kier alpha value is -2.39.